The van der Waals surface area contributed by atoms with Gasteiger partial charge in [0, 0.05) is 12.2 Å². The van der Waals surface area contributed by atoms with Gasteiger partial charge in [0.05, 0.1) is 12.2 Å². The van der Waals surface area contributed by atoms with Crippen molar-refractivity contribution in [1.82, 2.24) is 20.3 Å². The van der Waals surface area contributed by atoms with Gasteiger partial charge in [0.15, 0.2) is 0 Å². The molecule has 100 valence electrons. The fourth-order valence-electron chi connectivity index (χ4n) is 2.16. The minimum atomic E-state index is 0.501. The van der Waals surface area contributed by atoms with E-state index in [0.717, 1.165) is 0 Å². The highest BCUT2D eigenvalue weighted by Crippen LogP contribution is 2.27. The van der Waals surface area contributed by atoms with Gasteiger partial charge < -0.3 is 5.32 Å². The van der Waals surface area contributed by atoms with Crippen LogP contribution in [0.25, 0.3) is 0 Å². The molecular weight excluding hydrogens is 212 g/mol. The third-order valence-corrected chi connectivity index (χ3v) is 2.88. The van der Waals surface area contributed by atoms with Gasteiger partial charge in [-0.1, -0.05) is 45.7 Å². The molecule has 4 heteroatoms. The first-order valence-electron chi connectivity index (χ1n) is 6.95. The maximum absolute atomic E-state index is 4.06. The largest absolute Gasteiger partial charge is 0.315 e. The molecule has 0 aromatic carbocycles. The molecule has 1 aliphatic carbocycles. The number of rotatable bonds is 2. The van der Waals surface area contributed by atoms with Crippen LogP contribution in [-0.4, -0.2) is 28.1 Å². The zero-order valence-electron chi connectivity index (χ0n) is 12.0. The van der Waals surface area contributed by atoms with E-state index >= 15 is 0 Å². The smallest absolute Gasteiger partial charge is 0.0693 e. The summed E-state index contributed by atoms with van der Waals surface area (Å²) < 4.78 is 1.99. The Labute approximate surface area is 106 Å². The molecule has 0 amide bonds. The monoisotopic (exact) mass is 240 g/mol. The minimum Gasteiger partial charge on any atom is -0.315 e. The molecule has 0 spiro atoms. The Hall–Kier alpha value is -0.900. The molecule has 4 nitrogen and oxygen atoms in total. The maximum atomic E-state index is 4.06. The van der Waals surface area contributed by atoms with Crippen LogP contribution in [0.3, 0.4) is 0 Å². The van der Waals surface area contributed by atoms with E-state index in [2.05, 4.69) is 15.6 Å². The zero-order valence-corrected chi connectivity index (χ0v) is 12.0. The van der Waals surface area contributed by atoms with Gasteiger partial charge in [-0.05, 0) is 19.9 Å². The average molecular weight is 240 g/mol. The molecule has 1 aliphatic rings. The third-order valence-electron chi connectivity index (χ3n) is 2.88. The van der Waals surface area contributed by atoms with Crippen LogP contribution in [0.4, 0.5) is 0 Å². The molecule has 17 heavy (non-hydrogen) atoms. The van der Waals surface area contributed by atoms with E-state index in [-0.39, 0.29) is 0 Å². The number of nitrogens with one attached hydrogen (secondary N) is 1. The summed E-state index contributed by atoms with van der Waals surface area (Å²) in [7, 11) is 2.03. The van der Waals surface area contributed by atoms with Gasteiger partial charge in [-0.25, -0.2) is 4.68 Å². The molecule has 1 fully saturated rings. The molecule has 1 heterocycles. The fraction of sp³-hybridized carbons (Fsp3) is 0.846. The number of hydrogen-bond donors (Lipinski definition) is 1. The summed E-state index contributed by atoms with van der Waals surface area (Å²) in [4.78, 5) is 0. The molecule has 1 N–H and O–H groups in total. The second-order valence-electron chi connectivity index (χ2n) is 3.63. The van der Waals surface area contributed by atoms with Crippen molar-refractivity contribution in [2.45, 2.75) is 65.5 Å². The van der Waals surface area contributed by atoms with E-state index in [0.29, 0.717) is 12.1 Å². The van der Waals surface area contributed by atoms with E-state index in [1.165, 1.54) is 25.7 Å². The van der Waals surface area contributed by atoms with Gasteiger partial charge in [0.2, 0.25) is 0 Å². The number of nitrogens with zero attached hydrogens (tertiary/aromatic N) is 3. The molecule has 1 aromatic rings. The van der Waals surface area contributed by atoms with E-state index in [1.54, 1.807) is 6.20 Å². The van der Waals surface area contributed by atoms with E-state index < -0.39 is 0 Å². The van der Waals surface area contributed by atoms with E-state index in [1.807, 2.05) is 45.6 Å². The van der Waals surface area contributed by atoms with Crippen LogP contribution >= 0.6 is 0 Å². The summed E-state index contributed by atoms with van der Waals surface area (Å²) in [6.45, 7) is 8.00. The minimum absolute atomic E-state index is 0.501. The lowest BCUT2D eigenvalue weighted by atomic mass is 9.90. The van der Waals surface area contributed by atoms with Gasteiger partial charge in [0.25, 0.3) is 0 Å². The van der Waals surface area contributed by atoms with Crippen LogP contribution in [-0.2, 0) is 0 Å². The van der Waals surface area contributed by atoms with Crippen molar-refractivity contribution in [1.29, 1.82) is 0 Å². The average Bonchev–Trinajstić information content (AvgIpc) is 2.97. The second-order valence-corrected chi connectivity index (χ2v) is 3.63. The topological polar surface area (TPSA) is 42.7 Å². The summed E-state index contributed by atoms with van der Waals surface area (Å²) >= 11 is 0. The first-order valence-corrected chi connectivity index (χ1v) is 6.95. The predicted octanol–water partition coefficient (Wildman–Crippen LogP) is 3.03. The molecule has 1 saturated carbocycles. The molecule has 0 radical (unpaired) electrons. The first-order chi connectivity index (χ1) is 8.42. The van der Waals surface area contributed by atoms with Gasteiger partial charge in [-0.2, -0.15) is 0 Å². The summed E-state index contributed by atoms with van der Waals surface area (Å²) in [5.74, 6) is 0. The van der Waals surface area contributed by atoms with Crippen molar-refractivity contribution in [3.8, 4) is 0 Å². The number of aromatic nitrogens is 3. The SMILES string of the molecule is CC.CC.CNC1CCCCC1n1ccnn1. The van der Waals surface area contributed by atoms with Crippen molar-refractivity contribution in [3.05, 3.63) is 12.4 Å². The lowest BCUT2D eigenvalue weighted by molar-refractivity contribution is 0.254. The molecular formula is C13H28N4. The Morgan fingerprint density at radius 3 is 2.29 bits per heavy atom. The van der Waals surface area contributed by atoms with Crippen molar-refractivity contribution < 1.29 is 0 Å². The summed E-state index contributed by atoms with van der Waals surface area (Å²) in [6.07, 6.45) is 8.82. The second kappa shape index (κ2) is 10.3. The molecule has 2 unspecified atom stereocenters. The summed E-state index contributed by atoms with van der Waals surface area (Å²) in [5, 5.41) is 11.3. The summed E-state index contributed by atoms with van der Waals surface area (Å²) in [6, 6.07) is 1.07. The standard InChI is InChI=1S/C9H16N4.2C2H6/c1-10-8-4-2-3-5-9(8)13-7-6-11-12-13;2*1-2/h6-10H,2-5H2,1H3;2*1-2H3. The highest BCUT2D eigenvalue weighted by atomic mass is 15.4. The lowest BCUT2D eigenvalue weighted by Gasteiger charge is -2.30. The van der Waals surface area contributed by atoms with Gasteiger partial charge in [0.1, 0.15) is 0 Å². The quantitative estimate of drug-likeness (QED) is 0.864. The van der Waals surface area contributed by atoms with Crippen molar-refractivity contribution >= 4 is 0 Å². The van der Waals surface area contributed by atoms with Gasteiger partial charge >= 0.3 is 0 Å². The van der Waals surface area contributed by atoms with Crippen LogP contribution in [0.5, 0.6) is 0 Å². The Morgan fingerprint density at radius 2 is 1.76 bits per heavy atom. The Kier molecular flexibility index (Phi) is 9.72. The first kappa shape index (κ1) is 16.1. The number of likely N-dealkylation sites (N-methyl/N-ethyl adjacent to an activating group) is 1. The molecule has 0 saturated heterocycles. The van der Waals surface area contributed by atoms with Gasteiger partial charge in [-0.15, -0.1) is 5.10 Å². The lowest BCUT2D eigenvalue weighted by Crippen LogP contribution is -2.37. The summed E-state index contributed by atoms with van der Waals surface area (Å²) in [5.41, 5.74) is 0. The predicted molar refractivity (Wildman–Crippen MR) is 73.1 cm³/mol. The zero-order chi connectivity index (χ0) is 13.1. The fourth-order valence-corrected chi connectivity index (χ4v) is 2.16. The molecule has 0 aliphatic heterocycles. The van der Waals surface area contributed by atoms with Crippen LogP contribution in [0, 0.1) is 0 Å². The third kappa shape index (κ3) is 4.86. The number of hydrogen-bond acceptors (Lipinski definition) is 3. The molecule has 1 aromatic heterocycles. The van der Waals surface area contributed by atoms with Crippen LogP contribution in [0.2, 0.25) is 0 Å². The maximum Gasteiger partial charge on any atom is 0.0693 e. The van der Waals surface area contributed by atoms with Crippen molar-refractivity contribution in [2.75, 3.05) is 7.05 Å². The normalized spacial score (nSPS) is 22.9. The highest BCUT2D eigenvalue weighted by molar-refractivity contribution is 4.85. The van der Waals surface area contributed by atoms with Crippen LogP contribution in [0.1, 0.15) is 59.4 Å². The van der Waals surface area contributed by atoms with E-state index in [4.69, 9.17) is 0 Å². The van der Waals surface area contributed by atoms with E-state index in [9.17, 15) is 0 Å². The van der Waals surface area contributed by atoms with Crippen LogP contribution in [0.15, 0.2) is 12.4 Å². The molecule has 2 atom stereocenters. The molecule has 0 bridgehead atoms. The highest BCUT2D eigenvalue weighted by Gasteiger charge is 2.25. The van der Waals surface area contributed by atoms with Crippen molar-refractivity contribution in [3.63, 3.8) is 0 Å². The van der Waals surface area contributed by atoms with Crippen LogP contribution < -0.4 is 5.32 Å². The van der Waals surface area contributed by atoms with Crippen molar-refractivity contribution in [2.24, 2.45) is 0 Å². The Balaban J connectivity index is 0.000000581. The Bertz CT molecular complexity index is 246. The molecule has 2 rings (SSSR count). The Morgan fingerprint density at radius 1 is 1.12 bits per heavy atom. The van der Waals surface area contributed by atoms with Gasteiger partial charge in [-0.3, -0.25) is 0 Å².